The topological polar surface area (TPSA) is 26.3 Å². The predicted octanol–water partition coefficient (Wildman–Crippen LogP) is 5.49. The summed E-state index contributed by atoms with van der Waals surface area (Å²) < 4.78 is 5.54. The van der Waals surface area contributed by atoms with Crippen molar-refractivity contribution in [3.05, 3.63) is 11.6 Å². The van der Waals surface area contributed by atoms with Crippen LogP contribution in [0, 0.1) is 28.6 Å². The molecule has 0 aliphatic heterocycles. The van der Waals surface area contributed by atoms with Crippen LogP contribution in [0.2, 0.25) is 0 Å². The third kappa shape index (κ3) is 2.55. The fraction of sp³-hybridized carbons (Fsp3) is 0.857. The standard InChI is InChI=1S/C21H31ClO2/c1-20-9-3-4-17(20)16-6-5-14-12-15(24-19(23)13-22)7-11-21(14,2)18(16)8-10-20/h5,15-18H,3-4,6-13H2,1-2H3/t15-,16+,17+,18+,20+,21+/m1/s1. The number of fused-ring (bicyclic) bond motifs is 5. The van der Waals surface area contributed by atoms with Crippen LogP contribution in [0.1, 0.15) is 71.6 Å². The number of ether oxygens (including phenoxy) is 1. The lowest BCUT2D eigenvalue weighted by molar-refractivity contribution is -0.148. The van der Waals surface area contributed by atoms with E-state index < -0.39 is 0 Å². The predicted molar refractivity (Wildman–Crippen MR) is 96.9 cm³/mol. The first kappa shape index (κ1) is 16.9. The number of hydrogen-bond acceptors (Lipinski definition) is 2. The van der Waals surface area contributed by atoms with Gasteiger partial charge < -0.3 is 4.74 Å². The van der Waals surface area contributed by atoms with Gasteiger partial charge in [-0.2, -0.15) is 0 Å². The first-order valence-corrected chi connectivity index (χ1v) is 10.4. The first-order valence-electron chi connectivity index (χ1n) is 9.91. The number of hydrogen-bond donors (Lipinski definition) is 0. The quantitative estimate of drug-likeness (QED) is 0.374. The molecule has 0 bridgehead atoms. The van der Waals surface area contributed by atoms with Crippen molar-refractivity contribution in [2.24, 2.45) is 28.6 Å². The van der Waals surface area contributed by atoms with Gasteiger partial charge in [0.1, 0.15) is 12.0 Å². The van der Waals surface area contributed by atoms with Gasteiger partial charge in [0, 0.05) is 6.42 Å². The molecule has 2 nitrogen and oxygen atoms in total. The van der Waals surface area contributed by atoms with Crippen LogP contribution in [0.25, 0.3) is 0 Å². The van der Waals surface area contributed by atoms with E-state index in [9.17, 15) is 4.79 Å². The van der Waals surface area contributed by atoms with E-state index in [0.29, 0.717) is 10.8 Å². The van der Waals surface area contributed by atoms with Crippen molar-refractivity contribution in [1.29, 1.82) is 0 Å². The van der Waals surface area contributed by atoms with Gasteiger partial charge >= 0.3 is 5.97 Å². The van der Waals surface area contributed by atoms with E-state index in [4.69, 9.17) is 16.3 Å². The summed E-state index contributed by atoms with van der Waals surface area (Å²) in [4.78, 5) is 11.5. The van der Waals surface area contributed by atoms with Crippen molar-refractivity contribution in [2.45, 2.75) is 77.7 Å². The summed E-state index contributed by atoms with van der Waals surface area (Å²) in [6.45, 7) is 5.07. The molecular formula is C21H31ClO2. The second kappa shape index (κ2) is 6.04. The summed E-state index contributed by atoms with van der Waals surface area (Å²) >= 11 is 5.60. The van der Waals surface area contributed by atoms with Crippen LogP contribution < -0.4 is 0 Å². The summed E-state index contributed by atoms with van der Waals surface area (Å²) in [5.74, 6) is 2.38. The Morgan fingerprint density at radius 1 is 1.21 bits per heavy atom. The summed E-state index contributed by atoms with van der Waals surface area (Å²) in [6.07, 6.45) is 14.1. The average molecular weight is 351 g/mol. The van der Waals surface area contributed by atoms with Gasteiger partial charge in [-0.25, -0.2) is 0 Å². The minimum absolute atomic E-state index is 0.0300. The van der Waals surface area contributed by atoms with Crippen LogP contribution in [0.5, 0.6) is 0 Å². The van der Waals surface area contributed by atoms with Crippen LogP contribution >= 0.6 is 11.6 Å². The van der Waals surface area contributed by atoms with Gasteiger partial charge in [0.05, 0.1) is 0 Å². The van der Waals surface area contributed by atoms with Crippen molar-refractivity contribution in [3.63, 3.8) is 0 Å². The highest BCUT2D eigenvalue weighted by Crippen LogP contribution is 2.64. The van der Waals surface area contributed by atoms with E-state index in [0.717, 1.165) is 30.6 Å². The van der Waals surface area contributed by atoms with Crippen LogP contribution in [0.3, 0.4) is 0 Å². The Morgan fingerprint density at radius 3 is 2.83 bits per heavy atom. The molecule has 0 aromatic rings. The number of halogens is 1. The molecule has 24 heavy (non-hydrogen) atoms. The Labute approximate surface area is 151 Å². The molecule has 0 aromatic carbocycles. The summed E-state index contributed by atoms with van der Waals surface area (Å²) in [5, 5.41) is 0. The lowest BCUT2D eigenvalue weighted by Crippen LogP contribution is -2.49. The third-order valence-corrected chi connectivity index (χ3v) is 8.47. The van der Waals surface area contributed by atoms with E-state index in [1.807, 2.05) is 0 Å². The zero-order valence-electron chi connectivity index (χ0n) is 15.2. The Morgan fingerprint density at radius 2 is 2.04 bits per heavy atom. The van der Waals surface area contributed by atoms with Crippen LogP contribution in [0.15, 0.2) is 11.6 Å². The molecule has 0 spiro atoms. The van der Waals surface area contributed by atoms with Gasteiger partial charge in [-0.3, -0.25) is 4.79 Å². The molecule has 6 atom stereocenters. The Kier molecular flexibility index (Phi) is 4.26. The minimum Gasteiger partial charge on any atom is -0.461 e. The molecule has 0 saturated heterocycles. The SMILES string of the molecule is C[C@@]12CCC[C@H]1[C@@H]1CC=C3C[C@H](OC(=O)CCl)CC[C@]3(C)[C@H]1CC2. The maximum atomic E-state index is 11.5. The normalized spacial score (nSPS) is 47.2. The Bertz CT molecular complexity index is 556. The summed E-state index contributed by atoms with van der Waals surface area (Å²) in [5.41, 5.74) is 2.54. The molecule has 0 radical (unpaired) electrons. The largest absolute Gasteiger partial charge is 0.461 e. The molecule has 0 heterocycles. The highest BCUT2D eigenvalue weighted by molar-refractivity contribution is 6.26. The highest BCUT2D eigenvalue weighted by Gasteiger charge is 2.55. The number of esters is 1. The van der Waals surface area contributed by atoms with Gasteiger partial charge in [0.2, 0.25) is 0 Å². The van der Waals surface area contributed by atoms with E-state index >= 15 is 0 Å². The number of allylic oxidation sites excluding steroid dienone is 1. The number of alkyl halides is 1. The van der Waals surface area contributed by atoms with E-state index in [1.54, 1.807) is 5.57 Å². The average Bonchev–Trinajstić information content (AvgIpc) is 2.97. The molecule has 4 aliphatic rings. The molecule has 134 valence electrons. The van der Waals surface area contributed by atoms with Crippen LogP contribution in [-0.2, 0) is 9.53 Å². The minimum atomic E-state index is -0.265. The highest BCUT2D eigenvalue weighted by atomic mass is 35.5. The van der Waals surface area contributed by atoms with Crippen molar-refractivity contribution < 1.29 is 9.53 Å². The molecule has 4 aliphatic carbocycles. The molecule has 0 aromatic heterocycles. The van der Waals surface area contributed by atoms with Crippen molar-refractivity contribution in [1.82, 2.24) is 0 Å². The Hall–Kier alpha value is -0.500. The first-order chi connectivity index (χ1) is 11.5. The zero-order chi connectivity index (χ0) is 16.9. The fourth-order valence-corrected chi connectivity index (χ4v) is 7.00. The van der Waals surface area contributed by atoms with Gasteiger partial charge in [-0.15, -0.1) is 11.6 Å². The van der Waals surface area contributed by atoms with Gasteiger partial charge in [0.15, 0.2) is 0 Å². The van der Waals surface area contributed by atoms with E-state index in [-0.39, 0.29) is 18.0 Å². The molecular weight excluding hydrogens is 320 g/mol. The van der Waals surface area contributed by atoms with Crippen molar-refractivity contribution in [2.75, 3.05) is 5.88 Å². The van der Waals surface area contributed by atoms with Gasteiger partial charge in [-0.05, 0) is 73.5 Å². The molecule has 0 N–H and O–H groups in total. The van der Waals surface area contributed by atoms with Crippen molar-refractivity contribution >= 4 is 17.6 Å². The number of carbonyl (C=O) groups is 1. The second-order valence-corrected chi connectivity index (χ2v) is 9.60. The monoisotopic (exact) mass is 350 g/mol. The maximum Gasteiger partial charge on any atom is 0.321 e. The van der Waals surface area contributed by atoms with Gasteiger partial charge in [0.25, 0.3) is 0 Å². The second-order valence-electron chi connectivity index (χ2n) is 9.33. The molecule has 3 heteroatoms. The molecule has 3 fully saturated rings. The zero-order valence-corrected chi connectivity index (χ0v) is 15.9. The maximum absolute atomic E-state index is 11.5. The molecule has 3 saturated carbocycles. The molecule has 0 unspecified atom stereocenters. The lowest BCUT2D eigenvalue weighted by Gasteiger charge is -2.57. The Balaban J connectivity index is 1.55. The van der Waals surface area contributed by atoms with Gasteiger partial charge in [-0.1, -0.05) is 31.9 Å². The lowest BCUT2D eigenvalue weighted by atomic mass is 9.48. The molecule has 0 amide bonds. The number of rotatable bonds is 2. The smallest absolute Gasteiger partial charge is 0.321 e. The van der Waals surface area contributed by atoms with Crippen molar-refractivity contribution in [3.8, 4) is 0 Å². The van der Waals surface area contributed by atoms with E-state index in [2.05, 4.69) is 19.9 Å². The summed E-state index contributed by atoms with van der Waals surface area (Å²) in [7, 11) is 0. The number of carbonyl (C=O) groups excluding carboxylic acids is 1. The van der Waals surface area contributed by atoms with Crippen LogP contribution in [0.4, 0.5) is 0 Å². The molecule has 4 rings (SSSR count). The summed E-state index contributed by atoms with van der Waals surface area (Å²) in [6, 6.07) is 0. The fourth-order valence-electron chi connectivity index (χ4n) is 6.94. The van der Waals surface area contributed by atoms with E-state index in [1.165, 1.54) is 44.9 Å². The van der Waals surface area contributed by atoms with Crippen LogP contribution in [-0.4, -0.2) is 18.0 Å². The third-order valence-electron chi connectivity index (χ3n) is 8.25.